The third-order valence-electron chi connectivity index (χ3n) is 5.41. The zero-order chi connectivity index (χ0) is 20.9. The molecule has 152 valence electrons. The lowest BCUT2D eigenvalue weighted by atomic mass is 10.0. The Labute approximate surface area is 177 Å². The molecular weight excluding hydrogens is 372 g/mol. The number of carboxylic acid groups (broad SMARTS) is 1. The number of nitrogens with zero attached hydrogens (tertiary/aromatic N) is 2. The summed E-state index contributed by atoms with van der Waals surface area (Å²) in [5, 5.41) is 11.3. The molecule has 0 saturated heterocycles. The van der Waals surface area contributed by atoms with Crippen molar-refractivity contribution in [2.75, 3.05) is 11.4 Å². The van der Waals surface area contributed by atoms with Crippen LogP contribution in [0.4, 0.5) is 5.69 Å². The first kappa shape index (κ1) is 19.8. The standard InChI is InChI=1S/C26H26N2O2/c1-2-17-28(21-13-7-4-8-14-21)25(26(29)30)23-19-27(18-20-11-5-3-6-12-20)24-16-10-9-15-22(23)24/h3-16,19,25H,2,17-18H2,1H3,(H,29,30). The van der Waals surface area contributed by atoms with Crippen LogP contribution in [0.5, 0.6) is 0 Å². The number of aliphatic carboxylic acids is 1. The van der Waals surface area contributed by atoms with Gasteiger partial charge in [-0.25, -0.2) is 4.79 Å². The molecule has 1 heterocycles. The summed E-state index contributed by atoms with van der Waals surface area (Å²) in [6, 6.07) is 27.4. The van der Waals surface area contributed by atoms with E-state index in [1.165, 1.54) is 5.56 Å². The Morgan fingerprint density at radius 1 is 0.933 bits per heavy atom. The van der Waals surface area contributed by atoms with Gasteiger partial charge in [0.25, 0.3) is 0 Å². The molecule has 4 heteroatoms. The van der Waals surface area contributed by atoms with Crippen molar-refractivity contribution >= 4 is 22.6 Å². The number of rotatable bonds is 8. The van der Waals surface area contributed by atoms with Crippen molar-refractivity contribution in [2.24, 2.45) is 0 Å². The van der Waals surface area contributed by atoms with E-state index in [-0.39, 0.29) is 0 Å². The van der Waals surface area contributed by atoms with E-state index in [0.29, 0.717) is 13.1 Å². The number of hydrogen-bond donors (Lipinski definition) is 1. The number of benzene rings is 3. The van der Waals surface area contributed by atoms with Gasteiger partial charge in [-0.05, 0) is 30.2 Å². The van der Waals surface area contributed by atoms with Crippen molar-refractivity contribution in [1.82, 2.24) is 4.57 Å². The first-order valence-corrected chi connectivity index (χ1v) is 10.3. The molecule has 1 atom stereocenters. The van der Waals surface area contributed by atoms with Gasteiger partial charge in [-0.15, -0.1) is 0 Å². The SMILES string of the molecule is CCCN(c1ccccc1)C(C(=O)O)c1cn(Cc2ccccc2)c2ccccc12. The molecule has 4 nitrogen and oxygen atoms in total. The van der Waals surface area contributed by atoms with Gasteiger partial charge in [0, 0.05) is 41.4 Å². The highest BCUT2D eigenvalue weighted by molar-refractivity contribution is 5.91. The fourth-order valence-corrected chi connectivity index (χ4v) is 4.11. The minimum Gasteiger partial charge on any atom is -0.479 e. The maximum Gasteiger partial charge on any atom is 0.331 e. The Morgan fingerprint density at radius 3 is 2.23 bits per heavy atom. The molecule has 0 amide bonds. The number of hydrogen-bond acceptors (Lipinski definition) is 2. The van der Waals surface area contributed by atoms with E-state index in [4.69, 9.17) is 0 Å². The van der Waals surface area contributed by atoms with Gasteiger partial charge in [-0.2, -0.15) is 0 Å². The van der Waals surface area contributed by atoms with Crippen LogP contribution in [0.3, 0.4) is 0 Å². The van der Waals surface area contributed by atoms with Crippen LogP contribution >= 0.6 is 0 Å². The summed E-state index contributed by atoms with van der Waals surface area (Å²) in [6.07, 6.45) is 2.88. The molecule has 1 N–H and O–H groups in total. The normalized spacial score (nSPS) is 12.0. The summed E-state index contributed by atoms with van der Waals surface area (Å²) < 4.78 is 2.16. The van der Waals surface area contributed by atoms with Crippen LogP contribution in [0.15, 0.2) is 91.1 Å². The quantitative estimate of drug-likeness (QED) is 0.412. The molecule has 1 unspecified atom stereocenters. The van der Waals surface area contributed by atoms with Crippen molar-refractivity contribution in [3.8, 4) is 0 Å². The summed E-state index contributed by atoms with van der Waals surface area (Å²) in [6.45, 7) is 3.44. The molecule has 4 aromatic rings. The molecule has 0 aliphatic carbocycles. The number of fused-ring (bicyclic) bond motifs is 1. The molecule has 0 saturated carbocycles. The molecule has 0 aliphatic heterocycles. The monoisotopic (exact) mass is 398 g/mol. The van der Waals surface area contributed by atoms with E-state index >= 15 is 0 Å². The maximum absolute atomic E-state index is 12.5. The molecule has 0 spiro atoms. The fraction of sp³-hybridized carbons (Fsp3) is 0.192. The Balaban J connectivity index is 1.83. The highest BCUT2D eigenvalue weighted by atomic mass is 16.4. The van der Waals surface area contributed by atoms with Crippen LogP contribution in [0.1, 0.15) is 30.5 Å². The molecule has 1 aromatic heterocycles. The zero-order valence-corrected chi connectivity index (χ0v) is 17.1. The first-order valence-electron chi connectivity index (χ1n) is 10.3. The van der Waals surface area contributed by atoms with E-state index < -0.39 is 12.0 Å². The van der Waals surface area contributed by atoms with Crippen molar-refractivity contribution in [3.63, 3.8) is 0 Å². The second-order valence-corrected chi connectivity index (χ2v) is 7.48. The molecule has 0 bridgehead atoms. The first-order chi connectivity index (χ1) is 14.7. The summed E-state index contributed by atoms with van der Waals surface area (Å²) in [4.78, 5) is 14.5. The molecule has 4 rings (SSSR count). The summed E-state index contributed by atoms with van der Waals surface area (Å²) in [7, 11) is 0. The van der Waals surface area contributed by atoms with Gasteiger partial charge in [0.05, 0.1) is 0 Å². The van der Waals surface area contributed by atoms with Gasteiger partial charge in [-0.3, -0.25) is 0 Å². The van der Waals surface area contributed by atoms with Gasteiger partial charge >= 0.3 is 5.97 Å². The lowest BCUT2D eigenvalue weighted by Crippen LogP contribution is -2.34. The van der Waals surface area contributed by atoms with Gasteiger partial charge in [0.15, 0.2) is 6.04 Å². The molecule has 0 radical (unpaired) electrons. The fourth-order valence-electron chi connectivity index (χ4n) is 4.11. The molecule has 0 aliphatic rings. The summed E-state index contributed by atoms with van der Waals surface area (Å²) in [5.41, 5.74) is 3.98. The molecule has 30 heavy (non-hydrogen) atoms. The largest absolute Gasteiger partial charge is 0.479 e. The van der Waals surface area contributed by atoms with Crippen LogP contribution < -0.4 is 4.90 Å². The van der Waals surface area contributed by atoms with Crippen LogP contribution in [0.2, 0.25) is 0 Å². The summed E-state index contributed by atoms with van der Waals surface area (Å²) >= 11 is 0. The second-order valence-electron chi connectivity index (χ2n) is 7.48. The smallest absolute Gasteiger partial charge is 0.331 e. The van der Waals surface area contributed by atoms with Crippen molar-refractivity contribution < 1.29 is 9.90 Å². The second kappa shape index (κ2) is 8.87. The minimum absolute atomic E-state index is 0.666. The highest BCUT2D eigenvalue weighted by Crippen LogP contribution is 2.34. The minimum atomic E-state index is -0.838. The third-order valence-corrected chi connectivity index (χ3v) is 5.41. The number of carbonyl (C=O) groups is 1. The Kier molecular flexibility index (Phi) is 5.84. The number of anilines is 1. The van der Waals surface area contributed by atoms with Crippen LogP contribution in [0.25, 0.3) is 10.9 Å². The van der Waals surface area contributed by atoms with Crippen LogP contribution in [-0.2, 0) is 11.3 Å². The lowest BCUT2D eigenvalue weighted by Gasteiger charge is -2.30. The van der Waals surface area contributed by atoms with Crippen molar-refractivity contribution in [3.05, 3.63) is 102 Å². The zero-order valence-electron chi connectivity index (χ0n) is 17.1. The predicted octanol–water partition coefficient (Wildman–Crippen LogP) is 5.73. The van der Waals surface area contributed by atoms with E-state index in [2.05, 4.69) is 29.7 Å². The van der Waals surface area contributed by atoms with Crippen molar-refractivity contribution in [1.29, 1.82) is 0 Å². The number of carboxylic acids is 1. The molecular formula is C26H26N2O2. The topological polar surface area (TPSA) is 45.5 Å². The van der Waals surface area contributed by atoms with E-state index in [9.17, 15) is 9.90 Å². The predicted molar refractivity (Wildman–Crippen MR) is 122 cm³/mol. The van der Waals surface area contributed by atoms with Gasteiger partial charge in [-0.1, -0.05) is 73.7 Å². The van der Waals surface area contributed by atoms with Gasteiger partial charge in [0.1, 0.15) is 0 Å². The lowest BCUT2D eigenvalue weighted by molar-refractivity contribution is -0.138. The Morgan fingerprint density at radius 2 is 1.57 bits per heavy atom. The average molecular weight is 399 g/mol. The van der Waals surface area contributed by atoms with Crippen LogP contribution in [-0.4, -0.2) is 22.2 Å². The summed E-state index contributed by atoms with van der Waals surface area (Å²) in [5.74, 6) is -0.838. The molecule has 3 aromatic carbocycles. The highest BCUT2D eigenvalue weighted by Gasteiger charge is 2.30. The van der Waals surface area contributed by atoms with Gasteiger partial charge in [0.2, 0.25) is 0 Å². The molecule has 0 fully saturated rings. The van der Waals surface area contributed by atoms with Crippen molar-refractivity contribution in [2.45, 2.75) is 25.9 Å². The van der Waals surface area contributed by atoms with E-state index in [0.717, 1.165) is 28.6 Å². The van der Waals surface area contributed by atoms with Gasteiger partial charge < -0.3 is 14.6 Å². The average Bonchev–Trinajstić information content (AvgIpc) is 3.13. The van der Waals surface area contributed by atoms with E-state index in [1.807, 2.05) is 77.8 Å². The number of aromatic nitrogens is 1. The Hall–Kier alpha value is -3.53. The number of para-hydroxylation sites is 2. The Bertz CT molecular complexity index is 1120. The maximum atomic E-state index is 12.5. The van der Waals surface area contributed by atoms with E-state index in [1.54, 1.807) is 0 Å². The third kappa shape index (κ3) is 3.94. The van der Waals surface area contributed by atoms with Crippen LogP contribution in [0, 0.1) is 0 Å².